The maximum Gasteiger partial charge on any atom is 0.340 e. The third-order valence-electron chi connectivity index (χ3n) is 2.05. The van der Waals surface area contributed by atoms with Crippen molar-refractivity contribution in [2.24, 2.45) is 0 Å². The Hall–Kier alpha value is -2.03. The Labute approximate surface area is 90.5 Å². The highest BCUT2D eigenvalue weighted by atomic mass is 19.3. The van der Waals surface area contributed by atoms with Crippen molar-refractivity contribution in [3.63, 3.8) is 0 Å². The molecular weight excluding hydrogens is 218 g/mol. The second-order valence-corrected chi connectivity index (χ2v) is 2.95. The summed E-state index contributed by atoms with van der Waals surface area (Å²) in [5.74, 6) is -0.856. The molecule has 16 heavy (non-hydrogen) atoms. The van der Waals surface area contributed by atoms with Crippen LogP contribution in [0, 0.1) is 18.3 Å². The topological polar surface area (TPSA) is 63.0 Å². The fraction of sp³-hybridized carbons (Fsp3) is 0.300. The zero-order valence-electron chi connectivity index (χ0n) is 8.62. The summed E-state index contributed by atoms with van der Waals surface area (Å²) in [4.78, 5) is 14.9. The van der Waals surface area contributed by atoms with Gasteiger partial charge in [-0.25, -0.2) is 13.6 Å². The summed E-state index contributed by atoms with van der Waals surface area (Å²) in [6.45, 7) is 1.35. The Morgan fingerprint density at radius 3 is 2.69 bits per heavy atom. The smallest absolute Gasteiger partial charge is 0.340 e. The Balaban J connectivity index is 3.51. The second-order valence-electron chi connectivity index (χ2n) is 2.95. The molecule has 0 aromatic carbocycles. The van der Waals surface area contributed by atoms with Gasteiger partial charge in [0.2, 0.25) is 0 Å². The third kappa shape index (κ3) is 1.98. The van der Waals surface area contributed by atoms with Gasteiger partial charge in [0, 0.05) is 11.9 Å². The Morgan fingerprint density at radius 1 is 1.62 bits per heavy atom. The minimum atomic E-state index is -2.85. The van der Waals surface area contributed by atoms with Crippen molar-refractivity contribution in [1.82, 2.24) is 4.98 Å². The van der Waals surface area contributed by atoms with Crippen LogP contribution in [0.2, 0.25) is 0 Å². The lowest BCUT2D eigenvalue weighted by molar-refractivity contribution is 0.0599. The average molecular weight is 226 g/mol. The maximum atomic E-state index is 12.7. The van der Waals surface area contributed by atoms with E-state index in [9.17, 15) is 13.6 Å². The fourth-order valence-corrected chi connectivity index (χ4v) is 1.27. The number of hydrogen-bond donors (Lipinski definition) is 0. The van der Waals surface area contributed by atoms with Gasteiger partial charge >= 0.3 is 5.97 Å². The number of esters is 1. The number of carbonyl (C=O) groups excluding carboxylic acids is 1. The van der Waals surface area contributed by atoms with Crippen molar-refractivity contribution in [3.05, 3.63) is 28.6 Å². The van der Waals surface area contributed by atoms with Crippen LogP contribution in [0.5, 0.6) is 0 Å². The van der Waals surface area contributed by atoms with E-state index in [-0.39, 0.29) is 16.8 Å². The summed E-state index contributed by atoms with van der Waals surface area (Å²) in [5.41, 5.74) is -1.12. The van der Waals surface area contributed by atoms with Crippen LogP contribution in [0.25, 0.3) is 0 Å². The molecule has 1 rings (SSSR count). The molecule has 0 saturated carbocycles. The number of nitrogens with zero attached hydrogens (tertiary/aromatic N) is 2. The number of halogens is 2. The fourth-order valence-electron chi connectivity index (χ4n) is 1.27. The molecule has 0 aliphatic heterocycles. The van der Waals surface area contributed by atoms with E-state index >= 15 is 0 Å². The molecule has 0 saturated heterocycles. The molecule has 1 aromatic rings. The molecular formula is C10H8F2N2O2. The van der Waals surface area contributed by atoms with Gasteiger partial charge in [0.1, 0.15) is 6.07 Å². The molecule has 84 valence electrons. The van der Waals surface area contributed by atoms with Crippen molar-refractivity contribution in [2.75, 3.05) is 7.11 Å². The van der Waals surface area contributed by atoms with Crippen LogP contribution in [0.1, 0.15) is 33.6 Å². The molecule has 4 nitrogen and oxygen atoms in total. The number of aromatic nitrogens is 1. The lowest BCUT2D eigenvalue weighted by Gasteiger charge is -2.09. The Bertz CT molecular complexity index is 467. The number of aryl methyl sites for hydroxylation is 1. The minimum absolute atomic E-state index is 0.0270. The number of rotatable bonds is 2. The number of methoxy groups -OCH3 is 1. The largest absolute Gasteiger partial charge is 0.465 e. The van der Waals surface area contributed by atoms with Gasteiger partial charge in [-0.15, -0.1) is 0 Å². The first kappa shape index (κ1) is 12.0. The highest BCUT2D eigenvalue weighted by Gasteiger charge is 2.23. The van der Waals surface area contributed by atoms with Gasteiger partial charge in [-0.05, 0) is 6.92 Å². The molecule has 0 fully saturated rings. The van der Waals surface area contributed by atoms with Crippen LogP contribution < -0.4 is 0 Å². The molecule has 0 N–H and O–H groups in total. The van der Waals surface area contributed by atoms with E-state index < -0.39 is 18.0 Å². The van der Waals surface area contributed by atoms with Gasteiger partial charge in [-0.1, -0.05) is 0 Å². The molecule has 0 atom stereocenters. The molecule has 0 aliphatic rings. The highest BCUT2D eigenvalue weighted by molar-refractivity contribution is 5.92. The zero-order valence-corrected chi connectivity index (χ0v) is 8.62. The highest BCUT2D eigenvalue weighted by Crippen LogP contribution is 2.27. The van der Waals surface area contributed by atoms with Crippen molar-refractivity contribution in [2.45, 2.75) is 13.3 Å². The number of alkyl halides is 2. The van der Waals surface area contributed by atoms with Crippen LogP contribution in [0.3, 0.4) is 0 Å². The van der Waals surface area contributed by atoms with Crippen LogP contribution in [0.15, 0.2) is 6.20 Å². The van der Waals surface area contributed by atoms with E-state index in [0.717, 1.165) is 13.3 Å². The molecule has 0 spiro atoms. The summed E-state index contributed by atoms with van der Waals surface area (Å²) < 4.78 is 29.7. The molecule has 1 heterocycles. The maximum absolute atomic E-state index is 12.7. The van der Waals surface area contributed by atoms with Crippen LogP contribution in [-0.4, -0.2) is 18.1 Å². The van der Waals surface area contributed by atoms with Crippen LogP contribution in [-0.2, 0) is 4.74 Å². The molecule has 1 aromatic heterocycles. The molecule has 0 amide bonds. The summed E-state index contributed by atoms with van der Waals surface area (Å²) in [6.07, 6.45) is -1.79. The normalized spacial score (nSPS) is 10.0. The second kappa shape index (κ2) is 4.66. The van der Waals surface area contributed by atoms with E-state index in [2.05, 4.69) is 9.72 Å². The first-order chi connectivity index (χ1) is 7.52. The molecule has 0 aliphatic carbocycles. The monoisotopic (exact) mass is 226 g/mol. The van der Waals surface area contributed by atoms with Crippen LogP contribution >= 0.6 is 0 Å². The average Bonchev–Trinajstić information content (AvgIpc) is 2.26. The van der Waals surface area contributed by atoms with Gasteiger partial charge in [0.15, 0.2) is 0 Å². The zero-order chi connectivity index (χ0) is 12.3. The SMILES string of the molecule is COC(=O)c1cnc(C)c(C(F)F)c1C#N. The predicted molar refractivity (Wildman–Crippen MR) is 50.0 cm³/mol. The summed E-state index contributed by atoms with van der Waals surface area (Å²) in [7, 11) is 1.10. The number of carbonyl (C=O) groups is 1. The predicted octanol–water partition coefficient (Wildman–Crippen LogP) is 1.99. The van der Waals surface area contributed by atoms with Crippen molar-refractivity contribution in [3.8, 4) is 6.07 Å². The Kier molecular flexibility index (Phi) is 3.51. The standard InChI is InChI=1S/C10H8F2N2O2/c1-5-8(9(11)12)6(3-13)7(4-14-5)10(15)16-2/h4,9H,1-2H3. The van der Waals surface area contributed by atoms with Gasteiger partial charge in [0.25, 0.3) is 6.43 Å². The van der Waals surface area contributed by atoms with Crippen molar-refractivity contribution in [1.29, 1.82) is 5.26 Å². The summed E-state index contributed by atoms with van der Waals surface area (Å²) in [5, 5.41) is 8.80. The summed E-state index contributed by atoms with van der Waals surface area (Å²) >= 11 is 0. The van der Waals surface area contributed by atoms with E-state index in [1.165, 1.54) is 6.92 Å². The lowest BCUT2D eigenvalue weighted by Crippen LogP contribution is -2.09. The third-order valence-corrected chi connectivity index (χ3v) is 2.05. The van der Waals surface area contributed by atoms with Crippen molar-refractivity contribution >= 4 is 5.97 Å². The molecule has 0 unspecified atom stereocenters. The minimum Gasteiger partial charge on any atom is -0.465 e. The van der Waals surface area contributed by atoms with E-state index in [0.29, 0.717) is 0 Å². The molecule has 6 heteroatoms. The quantitative estimate of drug-likeness (QED) is 0.723. The van der Waals surface area contributed by atoms with E-state index in [4.69, 9.17) is 5.26 Å². The molecule has 0 bridgehead atoms. The molecule has 0 radical (unpaired) electrons. The van der Waals surface area contributed by atoms with Gasteiger partial charge in [0.05, 0.1) is 23.8 Å². The van der Waals surface area contributed by atoms with Gasteiger partial charge in [-0.2, -0.15) is 5.26 Å². The van der Waals surface area contributed by atoms with Crippen molar-refractivity contribution < 1.29 is 18.3 Å². The lowest BCUT2D eigenvalue weighted by atomic mass is 10.0. The van der Waals surface area contributed by atoms with Gasteiger partial charge < -0.3 is 4.74 Å². The van der Waals surface area contributed by atoms with E-state index in [1.807, 2.05) is 0 Å². The number of hydrogen-bond acceptors (Lipinski definition) is 4. The Morgan fingerprint density at radius 2 is 2.25 bits per heavy atom. The van der Waals surface area contributed by atoms with E-state index in [1.54, 1.807) is 6.07 Å². The summed E-state index contributed by atoms with van der Waals surface area (Å²) in [6, 6.07) is 1.58. The first-order valence-electron chi connectivity index (χ1n) is 4.29. The first-order valence-corrected chi connectivity index (χ1v) is 4.29. The number of nitriles is 1. The number of ether oxygens (including phenoxy) is 1. The van der Waals surface area contributed by atoms with Gasteiger partial charge in [-0.3, -0.25) is 4.98 Å². The van der Waals surface area contributed by atoms with Crippen LogP contribution in [0.4, 0.5) is 8.78 Å². The number of pyridine rings is 1.